The average Bonchev–Trinajstić information content (AvgIpc) is 2.53. The molecular formula is C15H20F3N3O4. The largest absolute Gasteiger partial charge is 0.490 e. The van der Waals surface area contributed by atoms with Gasteiger partial charge >= 0.3 is 12.1 Å². The number of hydrogen-bond acceptors (Lipinski definition) is 5. The highest BCUT2D eigenvalue weighted by molar-refractivity contribution is 5.93. The lowest BCUT2D eigenvalue weighted by atomic mass is 9.99. The molecule has 1 aliphatic heterocycles. The first kappa shape index (κ1) is 20.7. The SMILES string of the molecule is COc1cccc(C(=O)N2CCNCC2(C)C)n1.O=C(O)C(F)(F)F. The second-order valence-corrected chi connectivity index (χ2v) is 5.81. The normalized spacial score (nSPS) is 16.5. The summed E-state index contributed by atoms with van der Waals surface area (Å²) in [6.07, 6.45) is -5.08. The molecule has 0 aliphatic carbocycles. The van der Waals surface area contributed by atoms with Crippen LogP contribution in [0.4, 0.5) is 13.2 Å². The van der Waals surface area contributed by atoms with Gasteiger partial charge in [0.2, 0.25) is 5.88 Å². The Bertz CT molecular complexity index is 620. The second-order valence-electron chi connectivity index (χ2n) is 5.81. The van der Waals surface area contributed by atoms with Crippen LogP contribution in [0, 0.1) is 0 Å². The highest BCUT2D eigenvalue weighted by atomic mass is 19.4. The molecule has 0 bridgehead atoms. The van der Waals surface area contributed by atoms with Crippen molar-refractivity contribution in [1.82, 2.24) is 15.2 Å². The van der Waals surface area contributed by atoms with E-state index in [2.05, 4.69) is 24.1 Å². The number of alkyl halides is 3. The molecule has 1 saturated heterocycles. The fourth-order valence-corrected chi connectivity index (χ4v) is 2.15. The summed E-state index contributed by atoms with van der Waals surface area (Å²) in [6.45, 7) is 6.42. The first-order chi connectivity index (χ1) is 11.5. The number of carboxylic acids is 1. The van der Waals surface area contributed by atoms with E-state index in [4.69, 9.17) is 14.6 Å². The number of ether oxygens (including phenoxy) is 1. The number of carboxylic acid groups (broad SMARTS) is 1. The van der Waals surface area contributed by atoms with Crippen molar-refractivity contribution in [2.45, 2.75) is 25.6 Å². The van der Waals surface area contributed by atoms with Crippen LogP contribution in [0.15, 0.2) is 18.2 Å². The van der Waals surface area contributed by atoms with Crippen LogP contribution in [0.2, 0.25) is 0 Å². The Morgan fingerprint density at radius 3 is 2.44 bits per heavy atom. The van der Waals surface area contributed by atoms with E-state index in [1.165, 1.54) is 0 Å². The third-order valence-corrected chi connectivity index (χ3v) is 3.44. The van der Waals surface area contributed by atoms with Gasteiger partial charge in [-0.2, -0.15) is 13.2 Å². The van der Waals surface area contributed by atoms with E-state index >= 15 is 0 Å². The summed E-state index contributed by atoms with van der Waals surface area (Å²) < 4.78 is 36.8. The zero-order chi connectivity index (χ0) is 19.3. The topological polar surface area (TPSA) is 91.8 Å². The predicted octanol–water partition coefficient (Wildman–Crippen LogP) is 1.55. The molecule has 0 saturated carbocycles. The zero-order valence-corrected chi connectivity index (χ0v) is 14.1. The maximum atomic E-state index is 12.5. The number of nitrogens with one attached hydrogen (secondary N) is 1. The van der Waals surface area contributed by atoms with Crippen LogP contribution in [-0.2, 0) is 4.79 Å². The number of carbonyl (C=O) groups is 2. The van der Waals surface area contributed by atoms with Crippen LogP contribution in [0.25, 0.3) is 0 Å². The van der Waals surface area contributed by atoms with Crippen LogP contribution in [-0.4, -0.2) is 65.3 Å². The zero-order valence-electron chi connectivity index (χ0n) is 14.1. The van der Waals surface area contributed by atoms with Crippen molar-refractivity contribution in [2.24, 2.45) is 0 Å². The van der Waals surface area contributed by atoms with Gasteiger partial charge in [-0.25, -0.2) is 9.78 Å². The lowest BCUT2D eigenvalue weighted by Gasteiger charge is -2.42. The number of pyridine rings is 1. The number of hydrogen-bond donors (Lipinski definition) is 2. The van der Waals surface area contributed by atoms with E-state index in [1.54, 1.807) is 25.3 Å². The fraction of sp³-hybridized carbons (Fsp3) is 0.533. The molecule has 1 fully saturated rings. The minimum atomic E-state index is -5.08. The third kappa shape index (κ3) is 5.89. The monoisotopic (exact) mass is 363 g/mol. The van der Waals surface area contributed by atoms with Crippen LogP contribution in [0.3, 0.4) is 0 Å². The Morgan fingerprint density at radius 2 is 1.96 bits per heavy atom. The van der Waals surface area contributed by atoms with Crippen LogP contribution < -0.4 is 10.1 Å². The molecule has 1 aromatic rings. The van der Waals surface area contributed by atoms with Gasteiger partial charge in [0.25, 0.3) is 5.91 Å². The lowest BCUT2D eigenvalue weighted by molar-refractivity contribution is -0.192. The number of carbonyl (C=O) groups excluding carboxylic acids is 1. The molecule has 25 heavy (non-hydrogen) atoms. The molecule has 0 spiro atoms. The van der Waals surface area contributed by atoms with Gasteiger partial charge in [-0.15, -0.1) is 0 Å². The van der Waals surface area contributed by atoms with Crippen molar-refractivity contribution < 1.29 is 32.6 Å². The fourth-order valence-electron chi connectivity index (χ4n) is 2.15. The number of piperazine rings is 1. The molecular weight excluding hydrogens is 343 g/mol. The Kier molecular flexibility index (Phi) is 6.74. The van der Waals surface area contributed by atoms with E-state index in [1.807, 2.05) is 4.90 Å². The Morgan fingerprint density at radius 1 is 1.36 bits per heavy atom. The molecule has 1 amide bonds. The number of rotatable bonds is 2. The Balaban J connectivity index is 0.000000381. The molecule has 0 unspecified atom stereocenters. The number of methoxy groups -OCH3 is 1. The van der Waals surface area contributed by atoms with Crippen LogP contribution >= 0.6 is 0 Å². The smallest absolute Gasteiger partial charge is 0.481 e. The number of aromatic nitrogens is 1. The minimum Gasteiger partial charge on any atom is -0.481 e. The van der Waals surface area contributed by atoms with Crippen LogP contribution in [0.5, 0.6) is 5.88 Å². The summed E-state index contributed by atoms with van der Waals surface area (Å²) in [7, 11) is 1.55. The predicted molar refractivity (Wildman–Crippen MR) is 82.5 cm³/mol. The molecule has 0 radical (unpaired) electrons. The van der Waals surface area contributed by atoms with Gasteiger partial charge in [-0.05, 0) is 19.9 Å². The highest BCUT2D eigenvalue weighted by Gasteiger charge is 2.38. The molecule has 1 aromatic heterocycles. The van der Waals surface area contributed by atoms with Crippen molar-refractivity contribution in [3.63, 3.8) is 0 Å². The van der Waals surface area contributed by atoms with Crippen LogP contribution in [0.1, 0.15) is 24.3 Å². The molecule has 10 heteroatoms. The van der Waals surface area contributed by atoms with E-state index < -0.39 is 12.1 Å². The van der Waals surface area contributed by atoms with Crippen molar-refractivity contribution in [3.05, 3.63) is 23.9 Å². The van der Waals surface area contributed by atoms with E-state index in [-0.39, 0.29) is 11.4 Å². The van der Waals surface area contributed by atoms with E-state index in [0.717, 1.165) is 13.1 Å². The maximum Gasteiger partial charge on any atom is 0.490 e. The van der Waals surface area contributed by atoms with E-state index in [0.29, 0.717) is 18.1 Å². The molecule has 0 aromatic carbocycles. The Hall–Kier alpha value is -2.36. The molecule has 1 aliphatic rings. The molecule has 7 nitrogen and oxygen atoms in total. The average molecular weight is 363 g/mol. The van der Waals surface area contributed by atoms with Gasteiger partial charge in [0.05, 0.1) is 12.6 Å². The molecule has 2 rings (SSSR count). The standard InChI is InChI=1S/C13H19N3O2.C2HF3O2/c1-13(2)9-14-7-8-16(13)12(17)10-5-4-6-11(15-10)18-3;3-2(4,5)1(6)7/h4-6,14H,7-9H2,1-3H3;(H,6,7). The van der Waals surface area contributed by atoms with Gasteiger partial charge in [0.1, 0.15) is 5.69 Å². The number of aliphatic carboxylic acids is 1. The van der Waals surface area contributed by atoms with Gasteiger partial charge < -0.3 is 20.1 Å². The van der Waals surface area contributed by atoms with Gasteiger partial charge in [-0.3, -0.25) is 4.79 Å². The summed E-state index contributed by atoms with van der Waals surface area (Å²) in [5, 5.41) is 10.4. The molecule has 2 heterocycles. The third-order valence-electron chi connectivity index (χ3n) is 3.44. The van der Waals surface area contributed by atoms with Crippen molar-refractivity contribution in [1.29, 1.82) is 0 Å². The Labute approximate surface area is 142 Å². The number of halogens is 3. The van der Waals surface area contributed by atoms with Crippen molar-refractivity contribution >= 4 is 11.9 Å². The quantitative estimate of drug-likeness (QED) is 0.828. The van der Waals surface area contributed by atoms with E-state index in [9.17, 15) is 18.0 Å². The maximum absolute atomic E-state index is 12.5. The van der Waals surface area contributed by atoms with Crippen molar-refractivity contribution in [2.75, 3.05) is 26.7 Å². The number of nitrogens with zero attached hydrogens (tertiary/aromatic N) is 2. The molecule has 0 atom stereocenters. The summed E-state index contributed by atoms with van der Waals surface area (Å²) in [5.74, 6) is -2.33. The van der Waals surface area contributed by atoms with Gasteiger partial charge in [-0.1, -0.05) is 6.07 Å². The minimum absolute atomic E-state index is 0.0413. The summed E-state index contributed by atoms with van der Waals surface area (Å²) in [5.41, 5.74) is 0.240. The highest BCUT2D eigenvalue weighted by Crippen LogP contribution is 2.19. The van der Waals surface area contributed by atoms with Gasteiger partial charge in [0, 0.05) is 25.7 Å². The number of amides is 1. The molecule has 140 valence electrons. The summed E-state index contributed by atoms with van der Waals surface area (Å²) in [6, 6.07) is 5.25. The van der Waals surface area contributed by atoms with Crippen molar-refractivity contribution in [3.8, 4) is 5.88 Å². The lowest BCUT2D eigenvalue weighted by Crippen LogP contribution is -2.59. The second kappa shape index (κ2) is 8.15. The summed E-state index contributed by atoms with van der Waals surface area (Å²) in [4.78, 5) is 27.4. The first-order valence-electron chi connectivity index (χ1n) is 7.33. The first-order valence-corrected chi connectivity index (χ1v) is 7.33. The molecule has 2 N–H and O–H groups in total. The summed E-state index contributed by atoms with van der Waals surface area (Å²) >= 11 is 0. The van der Waals surface area contributed by atoms with Gasteiger partial charge in [0.15, 0.2) is 0 Å².